The number of carbonyl (C=O) groups is 1. The first kappa shape index (κ1) is 15.7. The van der Waals surface area contributed by atoms with Crippen molar-refractivity contribution in [2.75, 3.05) is 13.7 Å². The zero-order valence-corrected chi connectivity index (χ0v) is 12.9. The van der Waals surface area contributed by atoms with Gasteiger partial charge in [0.05, 0.1) is 7.11 Å². The predicted molar refractivity (Wildman–Crippen MR) is 83.7 cm³/mol. The number of halogens is 2. The molecule has 0 fully saturated rings. The molecule has 0 saturated carbocycles. The molecule has 0 radical (unpaired) electrons. The lowest BCUT2D eigenvalue weighted by atomic mass is 10.1. The molecular formula is C16H14Cl2O3. The summed E-state index contributed by atoms with van der Waals surface area (Å²) in [5.74, 6) is 1.12. The van der Waals surface area contributed by atoms with E-state index in [9.17, 15) is 4.79 Å². The van der Waals surface area contributed by atoms with Crippen LogP contribution in [0.1, 0.15) is 5.56 Å². The van der Waals surface area contributed by atoms with Gasteiger partial charge in [-0.15, -0.1) is 0 Å². The van der Waals surface area contributed by atoms with Crippen molar-refractivity contribution < 1.29 is 14.3 Å². The minimum atomic E-state index is -0.0736. The van der Waals surface area contributed by atoms with Gasteiger partial charge in [-0.25, -0.2) is 0 Å². The van der Waals surface area contributed by atoms with E-state index in [1.807, 2.05) is 0 Å². The molecule has 0 saturated heterocycles. The predicted octanol–water partition coefficient (Wildman–Crippen LogP) is 4.19. The third kappa shape index (κ3) is 4.66. The Bertz CT molecular complexity index is 641. The van der Waals surface area contributed by atoms with Crippen molar-refractivity contribution in [2.24, 2.45) is 0 Å². The normalized spacial score (nSPS) is 10.2. The maximum absolute atomic E-state index is 12.0. The van der Waals surface area contributed by atoms with Crippen LogP contribution in [0.3, 0.4) is 0 Å². The molecule has 0 N–H and O–H groups in total. The SMILES string of the molecule is COc1ccc(Cl)cc1CC(=O)COc1cccc(Cl)c1. The lowest BCUT2D eigenvalue weighted by molar-refractivity contribution is -0.120. The second-order valence-corrected chi connectivity index (χ2v) is 5.29. The van der Waals surface area contributed by atoms with Crippen LogP contribution in [0.5, 0.6) is 11.5 Å². The number of ether oxygens (including phenoxy) is 2. The maximum atomic E-state index is 12.0. The zero-order valence-electron chi connectivity index (χ0n) is 11.4. The summed E-state index contributed by atoms with van der Waals surface area (Å²) in [7, 11) is 1.56. The third-order valence-corrected chi connectivity index (χ3v) is 3.30. The van der Waals surface area contributed by atoms with Crippen LogP contribution in [0, 0.1) is 0 Å². The summed E-state index contributed by atoms with van der Waals surface area (Å²) in [6.45, 7) is -0.0317. The molecule has 110 valence electrons. The largest absolute Gasteiger partial charge is 0.496 e. The molecular weight excluding hydrogens is 311 g/mol. The van der Waals surface area contributed by atoms with Crippen LogP contribution in [0.4, 0.5) is 0 Å². The minimum Gasteiger partial charge on any atom is -0.496 e. The van der Waals surface area contributed by atoms with Gasteiger partial charge in [-0.05, 0) is 36.4 Å². The van der Waals surface area contributed by atoms with Crippen LogP contribution >= 0.6 is 23.2 Å². The van der Waals surface area contributed by atoms with E-state index >= 15 is 0 Å². The van der Waals surface area contributed by atoms with Crippen molar-refractivity contribution in [1.29, 1.82) is 0 Å². The second kappa shape index (κ2) is 7.34. The first-order valence-corrected chi connectivity index (χ1v) is 7.06. The molecule has 0 amide bonds. The molecule has 0 aliphatic heterocycles. The average Bonchev–Trinajstić information content (AvgIpc) is 2.45. The number of carbonyl (C=O) groups excluding carboxylic acids is 1. The van der Waals surface area contributed by atoms with Crippen LogP contribution < -0.4 is 9.47 Å². The van der Waals surface area contributed by atoms with Crippen molar-refractivity contribution >= 4 is 29.0 Å². The number of benzene rings is 2. The standard InChI is InChI=1S/C16H14Cl2O3/c1-20-16-6-5-13(18)7-11(16)8-14(19)10-21-15-4-2-3-12(17)9-15/h2-7,9H,8,10H2,1H3. The summed E-state index contributed by atoms with van der Waals surface area (Å²) in [6.07, 6.45) is 0.199. The van der Waals surface area contributed by atoms with Crippen molar-refractivity contribution in [3.63, 3.8) is 0 Å². The molecule has 2 aromatic rings. The molecule has 0 unspecified atom stereocenters. The summed E-state index contributed by atoms with van der Waals surface area (Å²) in [6, 6.07) is 12.1. The highest BCUT2D eigenvalue weighted by atomic mass is 35.5. The number of Topliss-reactive ketones (excluding diaryl/α,β-unsaturated/α-hetero) is 1. The van der Waals surface area contributed by atoms with Gasteiger partial charge in [-0.3, -0.25) is 4.79 Å². The van der Waals surface area contributed by atoms with Crippen LogP contribution in [-0.2, 0) is 11.2 Å². The molecule has 0 atom stereocenters. The van der Waals surface area contributed by atoms with Crippen molar-refractivity contribution in [3.05, 3.63) is 58.1 Å². The molecule has 0 heterocycles. The van der Waals surface area contributed by atoms with E-state index in [2.05, 4.69) is 0 Å². The molecule has 0 aliphatic rings. The topological polar surface area (TPSA) is 35.5 Å². The molecule has 3 nitrogen and oxygen atoms in total. The van der Waals surface area contributed by atoms with Crippen LogP contribution in [0.2, 0.25) is 10.0 Å². The Morgan fingerprint density at radius 3 is 2.57 bits per heavy atom. The van der Waals surface area contributed by atoms with Gasteiger partial charge in [0.1, 0.15) is 18.1 Å². The van der Waals surface area contributed by atoms with Crippen LogP contribution in [0.15, 0.2) is 42.5 Å². The molecule has 2 aromatic carbocycles. The van der Waals surface area contributed by atoms with E-state index < -0.39 is 0 Å². The molecule has 0 aliphatic carbocycles. The zero-order chi connectivity index (χ0) is 15.2. The van der Waals surface area contributed by atoms with Gasteiger partial charge in [0.15, 0.2) is 5.78 Å². The van der Waals surface area contributed by atoms with Crippen LogP contribution in [-0.4, -0.2) is 19.5 Å². The minimum absolute atomic E-state index is 0.0317. The smallest absolute Gasteiger partial charge is 0.174 e. The fourth-order valence-electron chi connectivity index (χ4n) is 1.87. The Balaban J connectivity index is 1.97. The van der Waals surface area contributed by atoms with E-state index in [0.29, 0.717) is 21.5 Å². The lowest BCUT2D eigenvalue weighted by Crippen LogP contribution is -2.14. The molecule has 21 heavy (non-hydrogen) atoms. The highest BCUT2D eigenvalue weighted by molar-refractivity contribution is 6.31. The lowest BCUT2D eigenvalue weighted by Gasteiger charge is -2.09. The van der Waals surface area contributed by atoms with E-state index in [1.165, 1.54) is 0 Å². The Labute approximate surface area is 133 Å². The van der Waals surface area contributed by atoms with Gasteiger partial charge < -0.3 is 9.47 Å². The molecule has 2 rings (SSSR count). The average molecular weight is 325 g/mol. The number of rotatable bonds is 6. The summed E-state index contributed by atoms with van der Waals surface area (Å²) < 4.78 is 10.6. The van der Waals surface area contributed by atoms with E-state index in [-0.39, 0.29) is 18.8 Å². The number of hydrogen-bond acceptors (Lipinski definition) is 3. The van der Waals surface area contributed by atoms with Gasteiger partial charge in [0.2, 0.25) is 0 Å². The fourth-order valence-corrected chi connectivity index (χ4v) is 2.24. The number of methoxy groups -OCH3 is 1. The van der Waals surface area contributed by atoms with E-state index in [0.717, 1.165) is 5.56 Å². The van der Waals surface area contributed by atoms with Gasteiger partial charge in [0, 0.05) is 22.0 Å². The maximum Gasteiger partial charge on any atom is 0.174 e. The summed E-state index contributed by atoms with van der Waals surface area (Å²) in [5, 5.41) is 1.13. The summed E-state index contributed by atoms with van der Waals surface area (Å²) in [5.41, 5.74) is 0.740. The molecule has 5 heteroatoms. The molecule has 0 bridgehead atoms. The quantitative estimate of drug-likeness (QED) is 0.799. The summed E-state index contributed by atoms with van der Waals surface area (Å²) >= 11 is 11.8. The highest BCUT2D eigenvalue weighted by Gasteiger charge is 2.10. The third-order valence-electron chi connectivity index (χ3n) is 2.83. The Morgan fingerprint density at radius 2 is 1.86 bits per heavy atom. The molecule has 0 spiro atoms. The Kier molecular flexibility index (Phi) is 5.48. The first-order valence-electron chi connectivity index (χ1n) is 6.31. The van der Waals surface area contributed by atoms with E-state index in [4.69, 9.17) is 32.7 Å². The van der Waals surface area contributed by atoms with Crippen molar-refractivity contribution in [1.82, 2.24) is 0 Å². The number of ketones is 1. The van der Waals surface area contributed by atoms with Gasteiger partial charge in [0.25, 0.3) is 0 Å². The van der Waals surface area contributed by atoms with Gasteiger partial charge in [-0.2, -0.15) is 0 Å². The molecule has 0 aromatic heterocycles. The number of hydrogen-bond donors (Lipinski definition) is 0. The van der Waals surface area contributed by atoms with Gasteiger partial charge in [-0.1, -0.05) is 29.3 Å². The Morgan fingerprint density at radius 1 is 1.10 bits per heavy atom. The fraction of sp³-hybridized carbons (Fsp3) is 0.188. The van der Waals surface area contributed by atoms with Crippen LogP contribution in [0.25, 0.3) is 0 Å². The Hall–Kier alpha value is -1.71. The first-order chi connectivity index (χ1) is 10.1. The van der Waals surface area contributed by atoms with Crippen molar-refractivity contribution in [3.8, 4) is 11.5 Å². The highest BCUT2D eigenvalue weighted by Crippen LogP contribution is 2.23. The van der Waals surface area contributed by atoms with E-state index in [1.54, 1.807) is 49.6 Å². The van der Waals surface area contributed by atoms with Gasteiger partial charge >= 0.3 is 0 Å². The second-order valence-electron chi connectivity index (χ2n) is 4.42. The van der Waals surface area contributed by atoms with Crippen molar-refractivity contribution in [2.45, 2.75) is 6.42 Å². The summed E-state index contributed by atoms with van der Waals surface area (Å²) in [4.78, 5) is 12.0. The monoisotopic (exact) mass is 324 g/mol.